The van der Waals surface area contributed by atoms with E-state index in [4.69, 9.17) is 0 Å². The van der Waals surface area contributed by atoms with E-state index in [1.54, 1.807) is 0 Å². The Morgan fingerprint density at radius 3 is 1.56 bits per heavy atom. The first-order chi connectivity index (χ1) is 30.3. The van der Waals surface area contributed by atoms with Gasteiger partial charge in [-0.1, -0.05) is 192 Å². The Morgan fingerprint density at radius 1 is 0.419 bits per heavy atom. The molecule has 2 atom stereocenters. The Labute approximate surface area is 365 Å². The molecule has 300 valence electrons. The average Bonchev–Trinajstić information content (AvgIpc) is 3.56. The van der Waals surface area contributed by atoms with Crippen LogP contribution in [0.2, 0.25) is 0 Å². The fraction of sp³-hybridized carbons (Fsp3) is 0.180. The van der Waals surface area contributed by atoms with Crippen molar-refractivity contribution in [1.29, 1.82) is 0 Å². The molecular formula is C61H51N. The van der Waals surface area contributed by atoms with Crippen LogP contribution in [0.3, 0.4) is 0 Å². The molecule has 1 aliphatic carbocycles. The molecule has 0 spiro atoms. The predicted molar refractivity (Wildman–Crippen MR) is 266 cm³/mol. The molecule has 0 bridgehead atoms. The highest BCUT2D eigenvalue weighted by Crippen LogP contribution is 2.67. The second-order valence-corrected chi connectivity index (χ2v) is 19.3. The van der Waals surface area contributed by atoms with Gasteiger partial charge in [0.1, 0.15) is 0 Å². The van der Waals surface area contributed by atoms with Crippen molar-refractivity contribution < 1.29 is 0 Å². The van der Waals surface area contributed by atoms with Crippen LogP contribution >= 0.6 is 0 Å². The Hall–Kier alpha value is -6.70. The van der Waals surface area contributed by atoms with Crippen LogP contribution in [0, 0.1) is 5.41 Å². The quantitative estimate of drug-likeness (QED) is 0.157. The lowest BCUT2D eigenvalue weighted by atomic mass is 9.52. The van der Waals surface area contributed by atoms with Crippen molar-refractivity contribution in [3.63, 3.8) is 0 Å². The van der Waals surface area contributed by atoms with Gasteiger partial charge in [0.05, 0.1) is 5.54 Å². The largest absolute Gasteiger partial charge is 0.334 e. The predicted octanol–water partition coefficient (Wildman–Crippen LogP) is 17.2. The minimum absolute atomic E-state index is 0.0307. The van der Waals surface area contributed by atoms with Crippen molar-refractivity contribution in [2.75, 3.05) is 4.90 Å². The van der Waals surface area contributed by atoms with E-state index < -0.39 is 0 Å². The van der Waals surface area contributed by atoms with Crippen molar-refractivity contribution in [3.05, 3.63) is 194 Å². The molecule has 1 fully saturated rings. The molecule has 12 rings (SSSR count). The summed E-state index contributed by atoms with van der Waals surface area (Å²) >= 11 is 0. The average molecular weight is 798 g/mol. The summed E-state index contributed by atoms with van der Waals surface area (Å²) in [5, 5.41) is 10.4. The zero-order chi connectivity index (χ0) is 41.8. The third-order valence-electron chi connectivity index (χ3n) is 15.3. The number of fused-ring (bicyclic) bond motifs is 4. The molecule has 0 saturated heterocycles. The zero-order valence-corrected chi connectivity index (χ0v) is 36.2. The van der Waals surface area contributed by atoms with Crippen LogP contribution in [0.15, 0.2) is 188 Å². The van der Waals surface area contributed by atoms with Gasteiger partial charge in [0.2, 0.25) is 0 Å². The number of anilines is 2. The Balaban J connectivity index is 1.19. The molecule has 2 aliphatic rings. The van der Waals surface area contributed by atoms with Crippen molar-refractivity contribution >= 4 is 54.5 Å². The Morgan fingerprint density at radius 2 is 0.935 bits per heavy atom. The molecule has 2 unspecified atom stereocenters. The molecule has 0 amide bonds. The first-order valence-corrected chi connectivity index (χ1v) is 22.6. The van der Waals surface area contributed by atoms with E-state index >= 15 is 0 Å². The summed E-state index contributed by atoms with van der Waals surface area (Å²) in [7, 11) is 0. The first kappa shape index (κ1) is 37.1. The number of benzene rings is 10. The number of rotatable bonds is 5. The number of hydrogen-bond acceptors (Lipinski definition) is 1. The van der Waals surface area contributed by atoms with Crippen molar-refractivity contribution in [2.24, 2.45) is 5.41 Å². The van der Waals surface area contributed by atoms with Gasteiger partial charge in [0.25, 0.3) is 0 Å². The molecule has 0 aromatic heterocycles. The SMILES string of the molecule is CC(C)(C)C12CCCCC1(C)c1cc(-c3cc(-c4ccccc4)c4ccc5c(-c6cccc7ccccc67)cc(-c6ccccc6)c6ccc3c4c65)ccc1N2c1ccccc1. The van der Waals surface area contributed by atoms with Gasteiger partial charge < -0.3 is 4.90 Å². The second kappa shape index (κ2) is 13.7. The van der Waals surface area contributed by atoms with Crippen molar-refractivity contribution in [2.45, 2.75) is 64.3 Å². The summed E-state index contributed by atoms with van der Waals surface area (Å²) in [4.78, 5) is 2.77. The van der Waals surface area contributed by atoms with Crippen LogP contribution in [0.1, 0.15) is 58.9 Å². The fourth-order valence-corrected chi connectivity index (χ4v) is 12.7. The minimum atomic E-state index is -0.0652. The molecule has 1 heterocycles. The summed E-state index contributed by atoms with van der Waals surface area (Å²) in [5.74, 6) is 0. The van der Waals surface area contributed by atoms with Crippen LogP contribution < -0.4 is 4.90 Å². The monoisotopic (exact) mass is 797 g/mol. The molecule has 1 nitrogen and oxygen atoms in total. The van der Waals surface area contributed by atoms with Gasteiger partial charge in [0.15, 0.2) is 0 Å². The summed E-state index contributed by atoms with van der Waals surface area (Å²) in [5.41, 5.74) is 14.2. The minimum Gasteiger partial charge on any atom is -0.334 e. The molecule has 1 aliphatic heterocycles. The van der Waals surface area contributed by atoms with E-state index in [-0.39, 0.29) is 16.4 Å². The number of para-hydroxylation sites is 1. The van der Waals surface area contributed by atoms with Crippen LogP contribution in [-0.2, 0) is 5.41 Å². The maximum atomic E-state index is 2.77. The van der Waals surface area contributed by atoms with Gasteiger partial charge in [-0.3, -0.25) is 0 Å². The van der Waals surface area contributed by atoms with Gasteiger partial charge in [-0.2, -0.15) is 0 Å². The Bertz CT molecular complexity index is 3330. The third kappa shape index (κ3) is 5.15. The standard InChI is InChI=1S/C61H51N/c1-59(2,3)61-36-17-16-35-60(61,4)55-37-43(29-34-56(55)62(61)44-25-12-7-13-26-44)53-38-51(41-19-8-5-9-20-41)47-32-33-50-54(46-28-18-24-40-23-14-15-27-45(40)46)39-52(42-21-10-6-11-22-42)48-30-31-49(53)57(47)58(48)50/h5-15,18-34,37-39H,16-17,35-36H2,1-4H3. The Kier molecular flexibility index (Phi) is 8.17. The van der Waals surface area contributed by atoms with Crippen LogP contribution in [-0.4, -0.2) is 5.54 Å². The zero-order valence-electron chi connectivity index (χ0n) is 36.2. The molecule has 1 saturated carbocycles. The van der Waals surface area contributed by atoms with Crippen LogP contribution in [0.4, 0.5) is 11.4 Å². The van der Waals surface area contributed by atoms with E-state index in [1.807, 2.05) is 0 Å². The fourth-order valence-electron chi connectivity index (χ4n) is 12.7. The molecular weight excluding hydrogens is 747 g/mol. The van der Waals surface area contributed by atoms with Crippen LogP contribution in [0.5, 0.6) is 0 Å². The third-order valence-corrected chi connectivity index (χ3v) is 15.3. The molecule has 10 aromatic carbocycles. The summed E-state index contributed by atoms with van der Waals surface area (Å²) in [6.45, 7) is 10.1. The molecule has 62 heavy (non-hydrogen) atoms. The van der Waals surface area contributed by atoms with Gasteiger partial charge in [0, 0.05) is 16.8 Å². The highest BCUT2D eigenvalue weighted by Gasteiger charge is 2.65. The van der Waals surface area contributed by atoms with E-state index in [0.29, 0.717) is 0 Å². The van der Waals surface area contributed by atoms with E-state index in [0.717, 1.165) is 0 Å². The van der Waals surface area contributed by atoms with E-state index in [9.17, 15) is 0 Å². The molecule has 0 N–H and O–H groups in total. The number of hydrogen-bond donors (Lipinski definition) is 0. The van der Waals surface area contributed by atoms with Crippen molar-refractivity contribution in [1.82, 2.24) is 0 Å². The van der Waals surface area contributed by atoms with E-state index in [1.165, 1.54) is 130 Å². The lowest BCUT2D eigenvalue weighted by molar-refractivity contribution is 0.0608. The molecule has 1 heteroatoms. The normalized spacial score (nSPS) is 18.8. The van der Waals surface area contributed by atoms with Gasteiger partial charge in [-0.25, -0.2) is 0 Å². The maximum Gasteiger partial charge on any atom is 0.0594 e. The first-order valence-electron chi connectivity index (χ1n) is 22.6. The molecule has 0 radical (unpaired) electrons. The summed E-state index contributed by atoms with van der Waals surface area (Å²) in [6.07, 6.45) is 4.85. The van der Waals surface area contributed by atoms with Crippen LogP contribution in [0.25, 0.3) is 87.6 Å². The topological polar surface area (TPSA) is 3.24 Å². The lowest BCUT2D eigenvalue weighted by Crippen LogP contribution is -2.64. The second-order valence-electron chi connectivity index (χ2n) is 19.3. The highest BCUT2D eigenvalue weighted by molar-refractivity contribution is 6.32. The molecule has 10 aromatic rings. The van der Waals surface area contributed by atoms with Crippen molar-refractivity contribution in [3.8, 4) is 44.5 Å². The van der Waals surface area contributed by atoms with Gasteiger partial charge >= 0.3 is 0 Å². The summed E-state index contributed by atoms with van der Waals surface area (Å²) < 4.78 is 0. The summed E-state index contributed by atoms with van der Waals surface area (Å²) in [6, 6.07) is 71.1. The highest BCUT2D eigenvalue weighted by atomic mass is 15.3. The van der Waals surface area contributed by atoms with E-state index in [2.05, 4.69) is 221 Å². The lowest BCUT2D eigenvalue weighted by Gasteiger charge is -2.59. The van der Waals surface area contributed by atoms with Gasteiger partial charge in [-0.05, 0) is 148 Å². The number of nitrogens with zero attached hydrogens (tertiary/aromatic N) is 1. The van der Waals surface area contributed by atoms with Gasteiger partial charge in [-0.15, -0.1) is 0 Å². The maximum absolute atomic E-state index is 2.77. The smallest absolute Gasteiger partial charge is 0.0594 e.